The Morgan fingerprint density at radius 3 is 2.82 bits per heavy atom. The van der Waals surface area contributed by atoms with Crippen LogP contribution in [0.4, 0.5) is 5.13 Å². The van der Waals surface area contributed by atoms with Gasteiger partial charge in [-0.25, -0.2) is 4.98 Å². The standard InChI is InChI=1S/C17H30N4S/c1-13(2)16-11-20(10-15-12-22-17(18-3)19-15)7-4-8-21(16)9-14-5-6-14/h12-14,16H,4-11H2,1-3H3,(H,18,19)/t16-/m1/s1. The van der Waals surface area contributed by atoms with E-state index in [1.54, 1.807) is 11.3 Å². The number of hydrogen-bond acceptors (Lipinski definition) is 5. The fraction of sp³-hybridized carbons (Fsp3) is 0.824. The zero-order valence-corrected chi connectivity index (χ0v) is 15.0. The molecule has 0 radical (unpaired) electrons. The Labute approximate surface area is 138 Å². The van der Waals surface area contributed by atoms with Gasteiger partial charge in [0.1, 0.15) is 0 Å². The lowest BCUT2D eigenvalue weighted by Crippen LogP contribution is -2.45. The summed E-state index contributed by atoms with van der Waals surface area (Å²) in [5, 5.41) is 6.37. The number of rotatable bonds is 6. The zero-order valence-electron chi connectivity index (χ0n) is 14.2. The predicted octanol–water partition coefficient (Wildman–Crippen LogP) is 3.13. The Balaban J connectivity index is 1.62. The minimum atomic E-state index is 0.700. The summed E-state index contributed by atoms with van der Waals surface area (Å²) < 4.78 is 0. The molecule has 1 atom stereocenters. The summed E-state index contributed by atoms with van der Waals surface area (Å²) in [6.45, 7) is 10.8. The number of hydrogen-bond donors (Lipinski definition) is 1. The number of nitrogens with one attached hydrogen (secondary N) is 1. The average Bonchev–Trinajstić information content (AvgIpc) is 3.23. The van der Waals surface area contributed by atoms with Crippen LogP contribution in [0.15, 0.2) is 5.38 Å². The molecule has 0 spiro atoms. The molecule has 22 heavy (non-hydrogen) atoms. The highest BCUT2D eigenvalue weighted by Crippen LogP contribution is 2.32. The molecular weight excluding hydrogens is 292 g/mol. The van der Waals surface area contributed by atoms with Gasteiger partial charge >= 0.3 is 0 Å². The van der Waals surface area contributed by atoms with Crippen molar-refractivity contribution in [3.8, 4) is 0 Å². The molecule has 0 unspecified atom stereocenters. The second kappa shape index (κ2) is 7.28. The monoisotopic (exact) mass is 322 g/mol. The molecular formula is C17H30N4S. The van der Waals surface area contributed by atoms with E-state index in [-0.39, 0.29) is 0 Å². The second-order valence-corrected chi connectivity index (χ2v) is 8.09. The van der Waals surface area contributed by atoms with Gasteiger partial charge in [-0.15, -0.1) is 11.3 Å². The van der Waals surface area contributed by atoms with E-state index in [0.29, 0.717) is 6.04 Å². The third-order valence-electron chi connectivity index (χ3n) is 4.94. The van der Waals surface area contributed by atoms with Crippen LogP contribution in [-0.2, 0) is 6.54 Å². The van der Waals surface area contributed by atoms with E-state index in [2.05, 4.69) is 39.3 Å². The molecule has 2 fully saturated rings. The van der Waals surface area contributed by atoms with Gasteiger partial charge in [0.25, 0.3) is 0 Å². The Hall–Kier alpha value is -0.650. The van der Waals surface area contributed by atoms with Crippen molar-refractivity contribution in [2.45, 2.75) is 45.7 Å². The van der Waals surface area contributed by atoms with Crippen LogP contribution in [0.2, 0.25) is 0 Å². The second-order valence-electron chi connectivity index (χ2n) is 7.23. The van der Waals surface area contributed by atoms with Crippen LogP contribution in [0.5, 0.6) is 0 Å². The first kappa shape index (κ1) is 16.2. The van der Waals surface area contributed by atoms with E-state index in [1.807, 2.05) is 7.05 Å². The fourth-order valence-electron chi connectivity index (χ4n) is 3.49. The van der Waals surface area contributed by atoms with E-state index in [9.17, 15) is 0 Å². The highest BCUT2D eigenvalue weighted by molar-refractivity contribution is 7.13. The number of nitrogens with zero attached hydrogens (tertiary/aromatic N) is 3. The molecule has 0 bridgehead atoms. The summed E-state index contributed by atoms with van der Waals surface area (Å²) in [5.74, 6) is 1.71. The molecule has 1 aliphatic heterocycles. The minimum absolute atomic E-state index is 0.700. The lowest BCUT2D eigenvalue weighted by molar-refractivity contribution is 0.131. The molecule has 124 valence electrons. The smallest absolute Gasteiger partial charge is 0.182 e. The Kier molecular flexibility index (Phi) is 5.37. The van der Waals surface area contributed by atoms with Crippen molar-refractivity contribution < 1.29 is 0 Å². The number of aromatic nitrogens is 1. The number of anilines is 1. The van der Waals surface area contributed by atoms with Gasteiger partial charge in [-0.2, -0.15) is 0 Å². The van der Waals surface area contributed by atoms with Gasteiger partial charge in [0.05, 0.1) is 5.69 Å². The first-order valence-corrected chi connectivity index (χ1v) is 9.62. The SMILES string of the molecule is CNc1nc(CN2CCCN(CC3CC3)[C@@H](C(C)C)C2)cs1. The van der Waals surface area contributed by atoms with Crippen LogP contribution in [0.3, 0.4) is 0 Å². The molecule has 4 nitrogen and oxygen atoms in total. The highest BCUT2D eigenvalue weighted by Gasteiger charge is 2.32. The van der Waals surface area contributed by atoms with Gasteiger partial charge in [-0.3, -0.25) is 9.80 Å². The van der Waals surface area contributed by atoms with E-state index in [0.717, 1.165) is 23.5 Å². The van der Waals surface area contributed by atoms with Crippen molar-refractivity contribution in [2.24, 2.45) is 11.8 Å². The normalized spacial score (nSPS) is 24.6. The van der Waals surface area contributed by atoms with Crippen LogP contribution in [0.25, 0.3) is 0 Å². The number of thiazole rings is 1. The maximum absolute atomic E-state index is 4.65. The van der Waals surface area contributed by atoms with Crippen molar-refractivity contribution >= 4 is 16.5 Å². The summed E-state index contributed by atoms with van der Waals surface area (Å²) in [6.07, 6.45) is 4.20. The molecule has 1 aromatic rings. The quantitative estimate of drug-likeness (QED) is 0.872. The summed E-state index contributed by atoms with van der Waals surface area (Å²) in [6, 6.07) is 0.700. The largest absolute Gasteiger partial charge is 0.365 e. The molecule has 2 heterocycles. The molecule has 1 saturated heterocycles. The van der Waals surface area contributed by atoms with Gasteiger partial charge in [0.15, 0.2) is 5.13 Å². The van der Waals surface area contributed by atoms with Crippen LogP contribution < -0.4 is 5.32 Å². The molecule has 1 aromatic heterocycles. The molecule has 0 aromatic carbocycles. The summed E-state index contributed by atoms with van der Waals surface area (Å²) >= 11 is 1.71. The fourth-order valence-corrected chi connectivity index (χ4v) is 4.16. The van der Waals surface area contributed by atoms with Crippen molar-refractivity contribution in [1.82, 2.24) is 14.8 Å². The average molecular weight is 323 g/mol. The third kappa shape index (κ3) is 4.21. The molecule has 2 aliphatic rings. The van der Waals surface area contributed by atoms with Crippen LogP contribution in [-0.4, -0.2) is 54.1 Å². The zero-order chi connectivity index (χ0) is 15.5. The lowest BCUT2D eigenvalue weighted by atomic mass is 10.0. The molecule has 1 saturated carbocycles. The Morgan fingerprint density at radius 2 is 2.18 bits per heavy atom. The molecule has 1 N–H and O–H groups in total. The van der Waals surface area contributed by atoms with E-state index in [1.165, 1.54) is 51.1 Å². The van der Waals surface area contributed by atoms with Crippen molar-refractivity contribution in [1.29, 1.82) is 0 Å². The van der Waals surface area contributed by atoms with Gasteiger partial charge in [-0.1, -0.05) is 13.8 Å². The molecule has 1 aliphatic carbocycles. The van der Waals surface area contributed by atoms with E-state index < -0.39 is 0 Å². The van der Waals surface area contributed by atoms with Crippen LogP contribution in [0.1, 0.15) is 38.8 Å². The Morgan fingerprint density at radius 1 is 1.36 bits per heavy atom. The predicted molar refractivity (Wildman–Crippen MR) is 94.5 cm³/mol. The third-order valence-corrected chi connectivity index (χ3v) is 5.85. The minimum Gasteiger partial charge on any atom is -0.365 e. The Bertz CT molecular complexity index is 469. The first-order chi connectivity index (χ1) is 10.7. The van der Waals surface area contributed by atoms with Gasteiger partial charge in [-0.05, 0) is 44.2 Å². The van der Waals surface area contributed by atoms with Gasteiger partial charge < -0.3 is 5.32 Å². The lowest BCUT2D eigenvalue weighted by Gasteiger charge is -2.34. The molecule has 5 heteroatoms. The highest BCUT2D eigenvalue weighted by atomic mass is 32.1. The summed E-state index contributed by atoms with van der Waals surface area (Å²) in [5.41, 5.74) is 1.22. The van der Waals surface area contributed by atoms with Crippen molar-refractivity contribution in [2.75, 3.05) is 38.5 Å². The topological polar surface area (TPSA) is 31.4 Å². The maximum Gasteiger partial charge on any atom is 0.182 e. The maximum atomic E-state index is 4.65. The van der Waals surface area contributed by atoms with E-state index in [4.69, 9.17) is 0 Å². The van der Waals surface area contributed by atoms with E-state index >= 15 is 0 Å². The van der Waals surface area contributed by atoms with Crippen LogP contribution >= 0.6 is 11.3 Å². The van der Waals surface area contributed by atoms with Crippen molar-refractivity contribution in [3.63, 3.8) is 0 Å². The summed E-state index contributed by atoms with van der Waals surface area (Å²) in [7, 11) is 1.94. The van der Waals surface area contributed by atoms with Gasteiger partial charge in [0, 0.05) is 38.1 Å². The molecule has 3 rings (SSSR count). The van der Waals surface area contributed by atoms with Gasteiger partial charge in [0.2, 0.25) is 0 Å². The summed E-state index contributed by atoms with van der Waals surface area (Å²) in [4.78, 5) is 10.1. The molecule has 0 amide bonds. The van der Waals surface area contributed by atoms with Crippen LogP contribution in [0, 0.1) is 11.8 Å². The first-order valence-electron chi connectivity index (χ1n) is 8.74. The van der Waals surface area contributed by atoms with Crippen molar-refractivity contribution in [3.05, 3.63) is 11.1 Å².